The van der Waals surface area contributed by atoms with Crippen LogP contribution in [0, 0.1) is 0 Å². The minimum absolute atomic E-state index is 0.919. The molecular formula is C36H24N2O. The van der Waals surface area contributed by atoms with Crippen molar-refractivity contribution in [2.45, 2.75) is 0 Å². The SMILES string of the molecule is Cn1c(-c2ccccc2)nc2cc(-c3cccc(-c4cc5c6ccccc6oc5c5ccccc45)c3)ccc21. The third-order valence-corrected chi connectivity index (χ3v) is 7.80. The fourth-order valence-corrected chi connectivity index (χ4v) is 5.88. The maximum absolute atomic E-state index is 6.33. The molecule has 0 aliphatic carbocycles. The standard InChI is InChI=1S/C36H24N2O/c1-38-33-19-18-25(21-32(33)37-36(38)23-10-3-2-4-11-23)24-12-9-13-26(20-24)30-22-31-28-15-7-8-17-34(28)39-35(31)29-16-6-5-14-27(29)30/h2-22H,1H3. The Kier molecular flexibility index (Phi) is 4.74. The van der Waals surface area contributed by atoms with E-state index in [4.69, 9.17) is 9.40 Å². The van der Waals surface area contributed by atoms with E-state index in [1.54, 1.807) is 0 Å². The highest BCUT2D eigenvalue weighted by molar-refractivity contribution is 6.19. The van der Waals surface area contributed by atoms with Gasteiger partial charge in [-0.1, -0.05) is 97.1 Å². The van der Waals surface area contributed by atoms with Gasteiger partial charge in [0.15, 0.2) is 0 Å². The van der Waals surface area contributed by atoms with Gasteiger partial charge in [0.1, 0.15) is 17.0 Å². The van der Waals surface area contributed by atoms with Crippen LogP contribution in [0.25, 0.3) is 77.4 Å². The molecule has 0 unspecified atom stereocenters. The van der Waals surface area contributed by atoms with Crippen LogP contribution in [0.15, 0.2) is 132 Å². The van der Waals surface area contributed by atoms with E-state index in [1.165, 1.54) is 22.1 Å². The Morgan fingerprint density at radius 2 is 1.23 bits per heavy atom. The van der Waals surface area contributed by atoms with Crippen LogP contribution in [0.4, 0.5) is 0 Å². The Balaban J connectivity index is 1.29. The van der Waals surface area contributed by atoms with Crippen molar-refractivity contribution in [2.24, 2.45) is 7.05 Å². The lowest BCUT2D eigenvalue weighted by atomic mass is 9.93. The molecule has 0 N–H and O–H groups in total. The maximum atomic E-state index is 6.33. The molecule has 0 aliphatic heterocycles. The Labute approximate surface area is 225 Å². The zero-order valence-electron chi connectivity index (χ0n) is 21.4. The van der Waals surface area contributed by atoms with E-state index in [0.29, 0.717) is 0 Å². The van der Waals surface area contributed by atoms with Crippen molar-refractivity contribution >= 4 is 43.7 Å². The van der Waals surface area contributed by atoms with E-state index >= 15 is 0 Å². The van der Waals surface area contributed by atoms with Crippen molar-refractivity contribution < 1.29 is 4.42 Å². The largest absolute Gasteiger partial charge is 0.455 e. The molecule has 8 rings (SSSR count). The first-order valence-corrected chi connectivity index (χ1v) is 13.2. The van der Waals surface area contributed by atoms with Gasteiger partial charge in [-0.2, -0.15) is 0 Å². The highest BCUT2D eigenvalue weighted by Gasteiger charge is 2.15. The molecule has 0 saturated carbocycles. The van der Waals surface area contributed by atoms with E-state index < -0.39 is 0 Å². The van der Waals surface area contributed by atoms with E-state index in [0.717, 1.165) is 55.3 Å². The molecule has 184 valence electrons. The smallest absolute Gasteiger partial charge is 0.143 e. The Morgan fingerprint density at radius 3 is 2.10 bits per heavy atom. The number of imidazole rings is 1. The van der Waals surface area contributed by atoms with Crippen LogP contribution in [0.1, 0.15) is 0 Å². The molecule has 3 nitrogen and oxygen atoms in total. The second-order valence-electron chi connectivity index (χ2n) is 10.1. The van der Waals surface area contributed by atoms with Gasteiger partial charge in [0.2, 0.25) is 0 Å². The molecule has 8 aromatic rings. The van der Waals surface area contributed by atoms with Gasteiger partial charge in [-0.15, -0.1) is 0 Å². The first-order valence-electron chi connectivity index (χ1n) is 13.2. The summed E-state index contributed by atoms with van der Waals surface area (Å²) in [5.74, 6) is 0.976. The molecule has 0 aliphatic rings. The second kappa shape index (κ2) is 8.44. The van der Waals surface area contributed by atoms with E-state index in [-0.39, 0.29) is 0 Å². The molecular weight excluding hydrogens is 476 g/mol. The molecule has 2 aromatic heterocycles. The minimum atomic E-state index is 0.919. The molecule has 39 heavy (non-hydrogen) atoms. The minimum Gasteiger partial charge on any atom is -0.455 e. The number of rotatable bonds is 3. The molecule has 2 heterocycles. The molecule has 0 spiro atoms. The number of aromatic nitrogens is 2. The number of nitrogens with zero attached hydrogens (tertiary/aromatic N) is 2. The van der Waals surface area contributed by atoms with Crippen molar-refractivity contribution in [1.29, 1.82) is 0 Å². The van der Waals surface area contributed by atoms with Gasteiger partial charge in [-0.3, -0.25) is 0 Å². The number of para-hydroxylation sites is 1. The molecule has 0 radical (unpaired) electrons. The quantitative estimate of drug-likeness (QED) is 0.242. The van der Waals surface area contributed by atoms with Crippen molar-refractivity contribution in [1.82, 2.24) is 9.55 Å². The molecule has 0 saturated heterocycles. The zero-order valence-corrected chi connectivity index (χ0v) is 21.4. The summed E-state index contributed by atoms with van der Waals surface area (Å²) in [6.07, 6.45) is 0. The summed E-state index contributed by atoms with van der Waals surface area (Å²) < 4.78 is 8.49. The molecule has 3 heteroatoms. The predicted octanol–water partition coefficient (Wildman–Crippen LogP) is 9.63. The third-order valence-electron chi connectivity index (χ3n) is 7.80. The summed E-state index contributed by atoms with van der Waals surface area (Å²) in [6.45, 7) is 0. The lowest BCUT2D eigenvalue weighted by Crippen LogP contribution is -1.91. The lowest BCUT2D eigenvalue weighted by Gasteiger charge is -2.10. The summed E-state index contributed by atoms with van der Waals surface area (Å²) in [5, 5.41) is 4.61. The van der Waals surface area contributed by atoms with Gasteiger partial charge in [-0.05, 0) is 58.0 Å². The monoisotopic (exact) mass is 500 g/mol. The number of aryl methyl sites for hydroxylation is 1. The number of furan rings is 1. The van der Waals surface area contributed by atoms with Crippen LogP contribution < -0.4 is 0 Å². The van der Waals surface area contributed by atoms with E-state index in [2.05, 4.69) is 121 Å². The van der Waals surface area contributed by atoms with E-state index in [9.17, 15) is 0 Å². The predicted molar refractivity (Wildman–Crippen MR) is 162 cm³/mol. The Morgan fingerprint density at radius 1 is 0.538 bits per heavy atom. The van der Waals surface area contributed by atoms with Gasteiger partial charge < -0.3 is 8.98 Å². The second-order valence-corrected chi connectivity index (χ2v) is 10.1. The highest BCUT2D eigenvalue weighted by Crippen LogP contribution is 2.40. The highest BCUT2D eigenvalue weighted by atomic mass is 16.3. The van der Waals surface area contributed by atoms with Crippen LogP contribution >= 0.6 is 0 Å². The topological polar surface area (TPSA) is 31.0 Å². The first kappa shape index (κ1) is 21.9. The van der Waals surface area contributed by atoms with Gasteiger partial charge >= 0.3 is 0 Å². The van der Waals surface area contributed by atoms with Crippen LogP contribution in [-0.4, -0.2) is 9.55 Å². The fraction of sp³-hybridized carbons (Fsp3) is 0.0278. The van der Waals surface area contributed by atoms with Gasteiger partial charge in [0.05, 0.1) is 11.0 Å². The average Bonchev–Trinajstić information content (AvgIpc) is 3.54. The number of fused-ring (bicyclic) bond motifs is 6. The molecule has 0 atom stereocenters. The van der Waals surface area contributed by atoms with Crippen LogP contribution in [0.3, 0.4) is 0 Å². The van der Waals surface area contributed by atoms with Crippen molar-refractivity contribution in [3.05, 3.63) is 127 Å². The van der Waals surface area contributed by atoms with Crippen LogP contribution in [0.5, 0.6) is 0 Å². The zero-order chi connectivity index (χ0) is 25.9. The average molecular weight is 501 g/mol. The molecule has 0 fully saturated rings. The van der Waals surface area contributed by atoms with Crippen molar-refractivity contribution in [3.63, 3.8) is 0 Å². The molecule has 6 aromatic carbocycles. The van der Waals surface area contributed by atoms with Crippen LogP contribution in [0.2, 0.25) is 0 Å². The maximum Gasteiger partial charge on any atom is 0.143 e. The summed E-state index contributed by atoms with van der Waals surface area (Å²) in [4.78, 5) is 5.00. The first-order chi connectivity index (χ1) is 19.2. The normalized spacial score (nSPS) is 11.7. The number of hydrogen-bond acceptors (Lipinski definition) is 2. The van der Waals surface area contributed by atoms with Crippen molar-refractivity contribution in [3.8, 4) is 33.6 Å². The van der Waals surface area contributed by atoms with Crippen molar-refractivity contribution in [2.75, 3.05) is 0 Å². The Bertz CT molecular complexity index is 2180. The fourth-order valence-electron chi connectivity index (χ4n) is 5.88. The summed E-state index contributed by atoms with van der Waals surface area (Å²) in [7, 11) is 2.08. The van der Waals surface area contributed by atoms with Crippen LogP contribution in [-0.2, 0) is 7.05 Å². The summed E-state index contributed by atoms with van der Waals surface area (Å²) in [5.41, 5.74) is 9.81. The van der Waals surface area contributed by atoms with Gasteiger partial charge in [0, 0.05) is 28.8 Å². The Hall–Kier alpha value is -5.15. The van der Waals surface area contributed by atoms with Gasteiger partial charge in [-0.25, -0.2) is 4.98 Å². The molecule has 0 amide bonds. The third kappa shape index (κ3) is 3.40. The summed E-state index contributed by atoms with van der Waals surface area (Å²) >= 11 is 0. The molecule has 0 bridgehead atoms. The number of benzene rings is 6. The van der Waals surface area contributed by atoms with E-state index in [1.807, 2.05) is 18.2 Å². The summed E-state index contributed by atoms with van der Waals surface area (Å²) in [6, 6.07) is 44.9. The lowest BCUT2D eigenvalue weighted by molar-refractivity contribution is 0.672. The van der Waals surface area contributed by atoms with Gasteiger partial charge in [0.25, 0.3) is 0 Å². The number of hydrogen-bond donors (Lipinski definition) is 0.